The van der Waals surface area contributed by atoms with Crippen LogP contribution in [0.2, 0.25) is 10.0 Å². The monoisotopic (exact) mass is 489 g/mol. The average molecular weight is 490 g/mol. The van der Waals surface area contributed by atoms with Crippen molar-refractivity contribution in [3.8, 4) is 5.75 Å². The average Bonchev–Trinajstić information content (AvgIpc) is 3.01. The number of aliphatic hydroxyl groups is 1. The number of hydrogen-bond donors (Lipinski definition) is 1. The number of nitrogens with zero attached hydrogens (tertiary/aromatic N) is 1. The second-order valence-electron chi connectivity index (χ2n) is 9.19. The summed E-state index contributed by atoms with van der Waals surface area (Å²) in [5.41, 5.74) is 2.11. The Hall–Kier alpha value is -2.50. The maximum Gasteiger partial charge on any atom is 0.295 e. The molecule has 2 aromatic carbocycles. The lowest BCUT2D eigenvalue weighted by Gasteiger charge is -2.26. The van der Waals surface area contributed by atoms with Crippen molar-refractivity contribution >= 4 is 40.7 Å². The van der Waals surface area contributed by atoms with Gasteiger partial charge in [0.2, 0.25) is 0 Å². The van der Waals surface area contributed by atoms with Gasteiger partial charge in [0, 0.05) is 12.1 Å². The third kappa shape index (κ3) is 4.90. The Balaban J connectivity index is 2.18. The summed E-state index contributed by atoms with van der Waals surface area (Å²) < 4.78 is 5.17. The standard InChI is InChI=1S/C26H29Cl2NO4/c1-6-7-12-29-21(15-8-10-17(11-9-15)26(2,3)4)20(23(31)25(29)32)22(30)16-13-18(27)24(33-5)19(28)14-16/h8-11,13-14,21,30H,6-7,12H2,1-5H3/b22-20+. The smallest absolute Gasteiger partial charge is 0.295 e. The molecule has 1 unspecified atom stereocenters. The zero-order valence-corrected chi connectivity index (χ0v) is 21.0. The molecule has 1 aliphatic heterocycles. The van der Waals surface area contributed by atoms with Crippen LogP contribution in [0.25, 0.3) is 5.76 Å². The van der Waals surface area contributed by atoms with E-state index in [2.05, 4.69) is 20.8 Å². The number of carbonyl (C=O) groups is 2. The number of unbranched alkanes of at least 4 members (excludes halogenated alkanes) is 1. The van der Waals surface area contributed by atoms with Crippen LogP contribution in [-0.4, -0.2) is 35.4 Å². The Morgan fingerprint density at radius 1 is 1.09 bits per heavy atom. The van der Waals surface area contributed by atoms with E-state index in [1.54, 1.807) is 0 Å². The maximum atomic E-state index is 13.1. The Kier molecular flexibility index (Phi) is 7.45. The summed E-state index contributed by atoms with van der Waals surface area (Å²) in [6.07, 6.45) is 1.60. The number of amides is 1. The highest BCUT2D eigenvalue weighted by atomic mass is 35.5. The summed E-state index contributed by atoms with van der Waals surface area (Å²) in [5.74, 6) is -1.39. The van der Waals surface area contributed by atoms with Crippen molar-refractivity contribution in [3.63, 3.8) is 0 Å². The summed E-state index contributed by atoms with van der Waals surface area (Å²) in [5, 5.41) is 11.6. The fraction of sp³-hybridized carbons (Fsp3) is 0.385. The van der Waals surface area contributed by atoms with E-state index in [-0.39, 0.29) is 38.1 Å². The molecular formula is C26H29Cl2NO4. The second-order valence-corrected chi connectivity index (χ2v) is 10.0. The number of methoxy groups -OCH3 is 1. The van der Waals surface area contributed by atoms with Crippen LogP contribution in [0.4, 0.5) is 0 Å². The Labute approximate surface area is 204 Å². The van der Waals surface area contributed by atoms with Gasteiger partial charge in [-0.15, -0.1) is 0 Å². The molecule has 1 atom stereocenters. The molecule has 5 nitrogen and oxygen atoms in total. The van der Waals surface area contributed by atoms with Gasteiger partial charge in [-0.05, 0) is 35.1 Å². The highest BCUT2D eigenvalue weighted by Gasteiger charge is 2.45. The lowest BCUT2D eigenvalue weighted by atomic mass is 9.85. The molecule has 1 N–H and O–H groups in total. The quantitative estimate of drug-likeness (QED) is 0.284. The summed E-state index contributed by atoms with van der Waals surface area (Å²) >= 11 is 12.5. The van der Waals surface area contributed by atoms with Crippen LogP contribution in [0.3, 0.4) is 0 Å². The largest absolute Gasteiger partial charge is 0.507 e. The summed E-state index contributed by atoms with van der Waals surface area (Å²) in [6.45, 7) is 8.78. The van der Waals surface area contributed by atoms with Crippen molar-refractivity contribution in [1.29, 1.82) is 0 Å². The van der Waals surface area contributed by atoms with Crippen LogP contribution in [0.1, 0.15) is 63.3 Å². The number of rotatable bonds is 6. The van der Waals surface area contributed by atoms with Crippen LogP contribution in [-0.2, 0) is 15.0 Å². The van der Waals surface area contributed by atoms with E-state index in [0.717, 1.165) is 24.0 Å². The lowest BCUT2D eigenvalue weighted by molar-refractivity contribution is -0.139. The first-order valence-corrected chi connectivity index (χ1v) is 11.7. The van der Waals surface area contributed by atoms with Gasteiger partial charge in [0.05, 0.1) is 28.8 Å². The molecule has 0 aromatic heterocycles. The molecule has 1 saturated heterocycles. The van der Waals surface area contributed by atoms with E-state index in [4.69, 9.17) is 27.9 Å². The molecule has 2 aromatic rings. The molecule has 0 bridgehead atoms. The zero-order chi connectivity index (χ0) is 24.5. The summed E-state index contributed by atoms with van der Waals surface area (Å²) in [7, 11) is 1.44. The Morgan fingerprint density at radius 3 is 2.15 bits per heavy atom. The first-order chi connectivity index (χ1) is 15.5. The fourth-order valence-electron chi connectivity index (χ4n) is 4.00. The normalized spacial score (nSPS) is 18.2. The molecule has 1 amide bonds. The van der Waals surface area contributed by atoms with Crippen LogP contribution in [0, 0.1) is 0 Å². The lowest BCUT2D eigenvalue weighted by Crippen LogP contribution is -2.30. The van der Waals surface area contributed by atoms with Crippen LogP contribution >= 0.6 is 23.2 Å². The number of hydrogen-bond acceptors (Lipinski definition) is 4. The van der Waals surface area contributed by atoms with E-state index in [0.29, 0.717) is 6.54 Å². The highest BCUT2D eigenvalue weighted by molar-refractivity contribution is 6.46. The Bertz CT molecular complexity index is 1080. The van der Waals surface area contributed by atoms with Gasteiger partial charge in [-0.3, -0.25) is 9.59 Å². The number of halogens is 2. The molecule has 1 fully saturated rings. The predicted octanol–water partition coefficient (Wildman–Crippen LogP) is 6.52. The molecule has 0 saturated carbocycles. The number of likely N-dealkylation sites (tertiary alicyclic amines) is 1. The number of ketones is 1. The predicted molar refractivity (Wildman–Crippen MR) is 132 cm³/mol. The molecule has 1 aliphatic rings. The van der Waals surface area contributed by atoms with Crippen molar-refractivity contribution in [2.24, 2.45) is 0 Å². The molecule has 0 radical (unpaired) electrons. The van der Waals surface area contributed by atoms with Gasteiger partial charge in [0.25, 0.3) is 11.7 Å². The van der Waals surface area contributed by atoms with Crippen molar-refractivity contribution in [1.82, 2.24) is 4.90 Å². The van der Waals surface area contributed by atoms with Gasteiger partial charge in [0.1, 0.15) is 5.76 Å². The minimum Gasteiger partial charge on any atom is -0.507 e. The molecule has 1 heterocycles. The van der Waals surface area contributed by atoms with E-state index in [1.807, 2.05) is 31.2 Å². The van der Waals surface area contributed by atoms with Crippen LogP contribution in [0.5, 0.6) is 5.75 Å². The third-order valence-electron chi connectivity index (χ3n) is 5.86. The van der Waals surface area contributed by atoms with E-state index < -0.39 is 17.7 Å². The summed E-state index contributed by atoms with van der Waals surface area (Å²) in [6, 6.07) is 10.1. The van der Waals surface area contributed by atoms with Crippen molar-refractivity contribution in [3.05, 3.63) is 68.7 Å². The number of ether oxygens (including phenoxy) is 1. The first-order valence-electron chi connectivity index (χ1n) is 10.9. The topological polar surface area (TPSA) is 66.8 Å². The molecule has 0 spiro atoms. The third-order valence-corrected chi connectivity index (χ3v) is 6.42. The number of aliphatic hydroxyl groups excluding tert-OH is 1. The van der Waals surface area contributed by atoms with Crippen LogP contribution in [0.15, 0.2) is 42.0 Å². The number of benzene rings is 2. The van der Waals surface area contributed by atoms with E-state index in [9.17, 15) is 14.7 Å². The van der Waals surface area contributed by atoms with Gasteiger partial charge in [-0.1, -0.05) is 81.6 Å². The summed E-state index contributed by atoms with van der Waals surface area (Å²) in [4.78, 5) is 27.6. The SMILES string of the molecule is CCCCN1C(=O)C(=O)/C(=C(/O)c2cc(Cl)c(OC)c(Cl)c2)C1c1ccc(C(C)(C)C)cc1. The van der Waals surface area contributed by atoms with Crippen LogP contribution < -0.4 is 4.74 Å². The van der Waals surface area contributed by atoms with Gasteiger partial charge in [-0.2, -0.15) is 0 Å². The molecular weight excluding hydrogens is 461 g/mol. The van der Waals surface area contributed by atoms with Crippen molar-refractivity contribution in [2.75, 3.05) is 13.7 Å². The molecule has 3 rings (SSSR count). The molecule has 176 valence electrons. The Morgan fingerprint density at radius 2 is 1.67 bits per heavy atom. The molecule has 33 heavy (non-hydrogen) atoms. The number of carbonyl (C=O) groups excluding carboxylic acids is 2. The fourth-order valence-corrected chi connectivity index (χ4v) is 4.64. The second kappa shape index (κ2) is 9.78. The minimum atomic E-state index is -0.725. The minimum absolute atomic E-state index is 0.0249. The van der Waals surface area contributed by atoms with Gasteiger partial charge in [-0.25, -0.2) is 0 Å². The van der Waals surface area contributed by atoms with Crippen molar-refractivity contribution in [2.45, 2.75) is 52.0 Å². The van der Waals surface area contributed by atoms with Crippen molar-refractivity contribution < 1.29 is 19.4 Å². The van der Waals surface area contributed by atoms with E-state index in [1.165, 1.54) is 24.1 Å². The van der Waals surface area contributed by atoms with E-state index >= 15 is 0 Å². The van der Waals surface area contributed by atoms with Gasteiger partial charge in [0.15, 0.2) is 5.75 Å². The maximum absolute atomic E-state index is 13.1. The first kappa shape index (κ1) is 25.1. The van der Waals surface area contributed by atoms with Gasteiger partial charge >= 0.3 is 0 Å². The zero-order valence-electron chi connectivity index (χ0n) is 19.5. The van der Waals surface area contributed by atoms with Gasteiger partial charge < -0.3 is 14.7 Å². The highest BCUT2D eigenvalue weighted by Crippen LogP contribution is 2.42. The number of Topliss-reactive ketones (excluding diaryl/α,β-unsaturated/α-hetero) is 1. The molecule has 0 aliphatic carbocycles. The molecule has 7 heteroatoms.